The number of benzene rings is 2. The zero-order valence-electron chi connectivity index (χ0n) is 22.9. The van der Waals surface area contributed by atoms with Crippen LogP contribution in [0.25, 0.3) is 0 Å². The van der Waals surface area contributed by atoms with Gasteiger partial charge in [0.05, 0.1) is 19.6 Å². The molecule has 41 heavy (non-hydrogen) atoms. The van der Waals surface area contributed by atoms with Gasteiger partial charge in [-0.25, -0.2) is 0 Å². The Balaban J connectivity index is 0.000000493. The van der Waals surface area contributed by atoms with Crippen LogP contribution in [0.4, 0.5) is 0 Å². The predicted molar refractivity (Wildman–Crippen MR) is 170 cm³/mol. The summed E-state index contributed by atoms with van der Waals surface area (Å²) >= 11 is 50.7. The molecular formula is C25H30Cl8NO6P. The Bertz CT molecular complexity index is 1220. The van der Waals surface area contributed by atoms with E-state index in [1.807, 2.05) is 13.8 Å². The number of rotatable bonds is 5. The van der Waals surface area contributed by atoms with Gasteiger partial charge in [-0.05, 0) is 20.8 Å². The number of nitrogens with one attached hydrogen (secondary N) is 1. The summed E-state index contributed by atoms with van der Waals surface area (Å²) in [4.78, 5) is 1.68. The van der Waals surface area contributed by atoms with Gasteiger partial charge in [-0.15, -0.1) is 0 Å². The maximum absolute atomic E-state index is 6.43. The van der Waals surface area contributed by atoms with Crippen molar-refractivity contribution in [2.24, 2.45) is 5.41 Å². The molecule has 1 spiro atoms. The van der Waals surface area contributed by atoms with Gasteiger partial charge >= 0.3 is 236 Å². The molecule has 0 bridgehead atoms. The summed E-state index contributed by atoms with van der Waals surface area (Å²) in [6, 6.07) is 0. The van der Waals surface area contributed by atoms with Crippen LogP contribution in [0.1, 0.15) is 47.5 Å². The minimum atomic E-state index is -6.25. The third-order valence-corrected chi connectivity index (χ3v) is 14.3. The molecule has 3 heterocycles. The van der Waals surface area contributed by atoms with Crippen LogP contribution in [0.3, 0.4) is 0 Å². The van der Waals surface area contributed by atoms with Crippen LogP contribution in [0.15, 0.2) is 0 Å². The van der Waals surface area contributed by atoms with Crippen LogP contribution in [0.2, 0.25) is 40.2 Å². The fraction of sp³-hybridized carbons (Fsp3) is 0.520. The maximum atomic E-state index is 6.43. The molecule has 0 amide bonds. The fourth-order valence-corrected chi connectivity index (χ4v) is 10.8. The van der Waals surface area contributed by atoms with E-state index in [0.29, 0.717) is 0 Å². The van der Waals surface area contributed by atoms with E-state index < -0.39 is 12.7 Å². The first-order valence-electron chi connectivity index (χ1n) is 13.0. The molecule has 0 aliphatic carbocycles. The topological polar surface area (TPSA) is 59.8 Å². The molecular weight excluding hydrogens is 725 g/mol. The number of hydrogen-bond acceptors (Lipinski definition) is 6. The molecule has 1 N–H and O–H groups in total. The Morgan fingerprint density at radius 2 is 0.854 bits per heavy atom. The van der Waals surface area contributed by atoms with Crippen molar-refractivity contribution in [3.8, 4) is 23.0 Å². The summed E-state index contributed by atoms with van der Waals surface area (Å²) in [5.74, 6) is -0.637. The minimum absolute atomic E-state index is 0.0338. The van der Waals surface area contributed by atoms with Gasteiger partial charge < -0.3 is 4.90 Å². The Hall–Kier alpha value is 0.270. The van der Waals surface area contributed by atoms with Crippen LogP contribution in [0.5, 0.6) is 23.0 Å². The summed E-state index contributed by atoms with van der Waals surface area (Å²) in [6.45, 7) is 14.6. The third kappa shape index (κ3) is 5.42. The molecule has 1 fully saturated rings. The molecule has 3 aliphatic heterocycles. The zero-order chi connectivity index (χ0) is 30.6. The minimum Gasteiger partial charge on any atom is -0.336 e. The van der Waals surface area contributed by atoms with Crippen molar-refractivity contribution < 1.29 is 32.0 Å². The van der Waals surface area contributed by atoms with Crippen molar-refractivity contribution >= 4 is 100 Å². The van der Waals surface area contributed by atoms with E-state index in [9.17, 15) is 0 Å². The first-order chi connectivity index (χ1) is 19.1. The van der Waals surface area contributed by atoms with E-state index in [-0.39, 0.29) is 76.4 Å². The van der Waals surface area contributed by atoms with Crippen molar-refractivity contribution in [2.75, 3.05) is 32.8 Å². The van der Waals surface area contributed by atoms with Crippen LogP contribution in [-0.2, 0) is 9.05 Å². The average molecular weight is 755 g/mol. The first kappa shape index (κ1) is 34.1. The van der Waals surface area contributed by atoms with Gasteiger partial charge in [0, 0.05) is 0 Å². The molecule has 0 saturated carbocycles. The summed E-state index contributed by atoms with van der Waals surface area (Å²) in [5, 5.41) is -0.866. The van der Waals surface area contributed by atoms with Gasteiger partial charge in [0.1, 0.15) is 0 Å². The molecule has 3 aliphatic rings. The second kappa shape index (κ2) is 11.6. The molecule has 0 aromatic heterocycles. The number of hydrogen-bond donors (Lipinski definition) is 1. The Morgan fingerprint density at radius 1 is 0.561 bits per heavy atom. The van der Waals surface area contributed by atoms with Gasteiger partial charge in [0.25, 0.3) is 0 Å². The van der Waals surface area contributed by atoms with Crippen LogP contribution in [0, 0.1) is 5.41 Å². The third-order valence-electron chi connectivity index (χ3n) is 7.18. The van der Waals surface area contributed by atoms with Crippen LogP contribution < -0.4 is 23.0 Å². The Kier molecular flexibility index (Phi) is 9.63. The molecule has 232 valence electrons. The quantitative estimate of drug-likeness (QED) is 0.186. The van der Waals surface area contributed by atoms with Gasteiger partial charge in [0.15, 0.2) is 0 Å². The van der Waals surface area contributed by atoms with E-state index in [1.54, 1.807) is 4.90 Å². The fourth-order valence-electron chi connectivity index (χ4n) is 4.73. The van der Waals surface area contributed by atoms with Crippen molar-refractivity contribution in [3.05, 3.63) is 40.2 Å². The van der Waals surface area contributed by atoms with Gasteiger partial charge in [-0.2, -0.15) is 0 Å². The second-order valence-electron chi connectivity index (χ2n) is 10.2. The largest absolute Gasteiger partial charge is 0.336 e. The number of halogens is 8. The first-order valence-corrected chi connectivity index (χ1v) is 18.2. The molecule has 0 radical (unpaired) electrons. The molecule has 5 rings (SSSR count). The summed E-state index contributed by atoms with van der Waals surface area (Å²) in [6.07, 6.45) is 1.61. The van der Waals surface area contributed by atoms with E-state index >= 15 is 0 Å². The number of fused-ring (bicyclic) bond motifs is 2. The Morgan fingerprint density at radius 3 is 1.07 bits per heavy atom. The maximum Gasteiger partial charge on any atom is 0.0742 e. The summed E-state index contributed by atoms with van der Waals surface area (Å²) in [5.41, 5.74) is -0.442. The zero-order valence-corrected chi connectivity index (χ0v) is 29.8. The van der Waals surface area contributed by atoms with Gasteiger partial charge in [-0.1, -0.05) is 0 Å². The van der Waals surface area contributed by atoms with Crippen LogP contribution >= 0.6 is 100 Å². The van der Waals surface area contributed by atoms with E-state index in [1.165, 1.54) is 19.6 Å². The number of quaternary nitrogens is 1. The standard InChI is InChI=1S/C19H14Cl8O6P.C6H15N/c1-3-4-19(2)5-28-34(29-6-19,30-15-11(24)7(20)8(21)12(25)16(15)31-34)32-17-13(26)9(22)10(23)14(27)18(17)33-34;1-4-7(5-2)6-3/h3-6H2,1-2H3;4-6H2,1-3H3/q-1;/p+1. The molecule has 7 nitrogen and oxygen atoms in total. The molecule has 0 unspecified atom stereocenters. The summed E-state index contributed by atoms with van der Waals surface area (Å²) in [7, 11) is -6.25. The monoisotopic (exact) mass is 751 g/mol. The van der Waals surface area contributed by atoms with Crippen molar-refractivity contribution in [1.82, 2.24) is 0 Å². The molecule has 2 aromatic carbocycles. The average Bonchev–Trinajstić information content (AvgIpc) is 3.45. The van der Waals surface area contributed by atoms with Crippen molar-refractivity contribution in [1.29, 1.82) is 0 Å². The molecule has 1 saturated heterocycles. The van der Waals surface area contributed by atoms with E-state index in [4.69, 9.17) is 120 Å². The SMILES string of the molecule is CCCC1(C)CO[P-]23(OC1)(Oc1c(Cl)c(Cl)c(Cl)c(Cl)c1O2)Oc1c(Cl)c(Cl)c(Cl)c(Cl)c1O3.CC[NH+](CC)CC. The normalized spacial score (nSPS) is 24.0. The molecule has 0 atom stereocenters. The molecule has 2 aromatic rings. The van der Waals surface area contributed by atoms with Gasteiger partial charge in [-0.3, -0.25) is 0 Å². The van der Waals surface area contributed by atoms with E-state index in [2.05, 4.69) is 20.8 Å². The van der Waals surface area contributed by atoms with Crippen molar-refractivity contribution in [2.45, 2.75) is 47.5 Å². The van der Waals surface area contributed by atoms with Gasteiger partial charge in [0.2, 0.25) is 0 Å². The second-order valence-corrected chi connectivity index (χ2v) is 16.7. The van der Waals surface area contributed by atoms with Crippen LogP contribution in [-0.4, -0.2) is 32.8 Å². The smallest absolute Gasteiger partial charge is 0.0742 e. The predicted octanol–water partition coefficient (Wildman–Crippen LogP) is 10.5. The Labute approximate surface area is 279 Å². The van der Waals surface area contributed by atoms with Crippen molar-refractivity contribution in [3.63, 3.8) is 0 Å². The molecule has 16 heteroatoms. The van der Waals surface area contributed by atoms with E-state index in [0.717, 1.165) is 12.8 Å². The summed E-state index contributed by atoms with van der Waals surface area (Å²) < 4.78 is 37.5.